The average molecular weight is 277 g/mol. The zero-order valence-corrected chi connectivity index (χ0v) is 13.3. The highest BCUT2D eigenvalue weighted by molar-refractivity contribution is 5.06. The van der Waals surface area contributed by atoms with Crippen LogP contribution in [0.5, 0.6) is 0 Å². The van der Waals surface area contributed by atoms with Crippen LogP contribution in [0.3, 0.4) is 0 Å². The van der Waals surface area contributed by atoms with E-state index >= 15 is 0 Å². The van der Waals surface area contributed by atoms with E-state index < -0.39 is 0 Å². The third-order valence-corrected chi connectivity index (χ3v) is 4.17. The molecule has 20 heavy (non-hydrogen) atoms. The van der Waals surface area contributed by atoms with Gasteiger partial charge in [0.2, 0.25) is 0 Å². The van der Waals surface area contributed by atoms with Crippen LogP contribution in [0, 0.1) is 18.3 Å². The third kappa shape index (κ3) is 3.55. The third-order valence-electron chi connectivity index (χ3n) is 4.17. The maximum atomic E-state index is 5.99. The van der Waals surface area contributed by atoms with E-state index in [2.05, 4.69) is 43.0 Å². The van der Waals surface area contributed by atoms with Gasteiger partial charge < -0.3 is 10.1 Å². The largest absolute Gasteiger partial charge is 0.377 e. The van der Waals surface area contributed by atoms with Crippen molar-refractivity contribution >= 4 is 0 Å². The molecule has 1 N–H and O–H groups in total. The maximum Gasteiger partial charge on any atom is 0.125 e. The number of ether oxygens (including phenoxy) is 1. The number of aromatic nitrogens is 2. The van der Waals surface area contributed by atoms with Crippen LogP contribution in [0.15, 0.2) is 12.3 Å². The van der Waals surface area contributed by atoms with E-state index in [0.717, 1.165) is 31.1 Å². The molecule has 4 heteroatoms. The monoisotopic (exact) mass is 277 g/mol. The van der Waals surface area contributed by atoms with E-state index in [0.29, 0.717) is 18.1 Å². The molecule has 112 valence electrons. The van der Waals surface area contributed by atoms with Crippen molar-refractivity contribution in [2.24, 2.45) is 11.3 Å². The molecule has 0 spiro atoms. The molecule has 1 heterocycles. The van der Waals surface area contributed by atoms with Gasteiger partial charge in [-0.2, -0.15) is 0 Å². The SMILES string of the molecule is Cc1nccc(CNC2CC(OCC(C)C)C2(C)C)n1. The lowest BCUT2D eigenvalue weighted by molar-refractivity contribution is -0.124. The van der Waals surface area contributed by atoms with Crippen LogP contribution >= 0.6 is 0 Å². The second-order valence-corrected chi connectivity index (χ2v) is 6.80. The zero-order valence-electron chi connectivity index (χ0n) is 13.3. The fourth-order valence-corrected chi connectivity index (χ4v) is 2.65. The summed E-state index contributed by atoms with van der Waals surface area (Å²) in [5.41, 5.74) is 1.25. The molecule has 1 aliphatic rings. The molecule has 0 saturated heterocycles. The molecular formula is C16H27N3O. The quantitative estimate of drug-likeness (QED) is 0.868. The first-order chi connectivity index (χ1) is 9.39. The fraction of sp³-hybridized carbons (Fsp3) is 0.750. The summed E-state index contributed by atoms with van der Waals surface area (Å²) < 4.78 is 5.99. The molecule has 0 amide bonds. The Morgan fingerprint density at radius 1 is 1.45 bits per heavy atom. The molecule has 4 nitrogen and oxygen atoms in total. The molecule has 2 atom stereocenters. The Morgan fingerprint density at radius 2 is 2.20 bits per heavy atom. The minimum atomic E-state index is 0.191. The van der Waals surface area contributed by atoms with Gasteiger partial charge in [0.05, 0.1) is 11.8 Å². The second kappa shape index (κ2) is 6.19. The van der Waals surface area contributed by atoms with Crippen molar-refractivity contribution in [1.29, 1.82) is 0 Å². The molecule has 0 radical (unpaired) electrons. The van der Waals surface area contributed by atoms with Crippen molar-refractivity contribution < 1.29 is 4.74 Å². The van der Waals surface area contributed by atoms with Gasteiger partial charge in [-0.25, -0.2) is 9.97 Å². The molecule has 1 fully saturated rings. The van der Waals surface area contributed by atoms with Gasteiger partial charge in [-0.05, 0) is 25.3 Å². The topological polar surface area (TPSA) is 47.0 Å². The normalized spacial score (nSPS) is 24.7. The molecule has 0 aromatic carbocycles. The van der Waals surface area contributed by atoms with Gasteiger partial charge in [0.1, 0.15) is 5.82 Å². The van der Waals surface area contributed by atoms with Crippen LogP contribution in [0.1, 0.15) is 45.6 Å². The first-order valence-corrected chi connectivity index (χ1v) is 7.53. The van der Waals surface area contributed by atoms with E-state index in [4.69, 9.17) is 4.74 Å². The average Bonchev–Trinajstić information content (AvgIpc) is 2.36. The Kier molecular flexibility index (Phi) is 4.76. The molecule has 2 rings (SSSR count). The van der Waals surface area contributed by atoms with E-state index in [9.17, 15) is 0 Å². The van der Waals surface area contributed by atoms with Crippen LogP contribution in [0.4, 0.5) is 0 Å². The van der Waals surface area contributed by atoms with Crippen molar-refractivity contribution in [2.75, 3.05) is 6.61 Å². The van der Waals surface area contributed by atoms with E-state index in [1.807, 2.05) is 19.2 Å². The predicted molar refractivity (Wildman–Crippen MR) is 80.4 cm³/mol. The van der Waals surface area contributed by atoms with Gasteiger partial charge in [-0.15, -0.1) is 0 Å². The molecule has 1 aromatic heterocycles. The maximum absolute atomic E-state index is 5.99. The van der Waals surface area contributed by atoms with E-state index in [1.54, 1.807) is 0 Å². The summed E-state index contributed by atoms with van der Waals surface area (Å²) in [6, 6.07) is 2.47. The first-order valence-electron chi connectivity index (χ1n) is 7.53. The lowest BCUT2D eigenvalue weighted by Gasteiger charge is -2.52. The van der Waals surface area contributed by atoms with Gasteiger partial charge in [0.15, 0.2) is 0 Å². The second-order valence-electron chi connectivity index (χ2n) is 6.80. The van der Waals surface area contributed by atoms with Crippen molar-refractivity contribution in [3.8, 4) is 0 Å². The molecule has 1 aliphatic carbocycles. The number of hydrogen-bond donors (Lipinski definition) is 1. The van der Waals surface area contributed by atoms with Crippen LogP contribution in [0.2, 0.25) is 0 Å². The molecule has 2 unspecified atom stereocenters. The number of nitrogens with zero attached hydrogens (tertiary/aromatic N) is 2. The molecule has 1 saturated carbocycles. The van der Waals surface area contributed by atoms with E-state index in [-0.39, 0.29) is 5.41 Å². The summed E-state index contributed by atoms with van der Waals surface area (Å²) >= 11 is 0. The lowest BCUT2D eigenvalue weighted by Crippen LogP contribution is -2.60. The van der Waals surface area contributed by atoms with Crippen molar-refractivity contribution in [3.05, 3.63) is 23.8 Å². The number of nitrogens with one attached hydrogen (secondary N) is 1. The standard InChI is InChI=1S/C16H27N3O/c1-11(2)10-20-15-8-14(16(15,4)5)18-9-13-6-7-17-12(3)19-13/h6-7,11,14-15,18H,8-10H2,1-5H3. The highest BCUT2D eigenvalue weighted by Crippen LogP contribution is 2.43. The Labute approximate surface area is 122 Å². The lowest BCUT2D eigenvalue weighted by atomic mass is 9.64. The van der Waals surface area contributed by atoms with Crippen LogP contribution in [-0.2, 0) is 11.3 Å². The summed E-state index contributed by atoms with van der Waals surface area (Å²) in [5, 5.41) is 3.60. The molecular weight excluding hydrogens is 250 g/mol. The van der Waals surface area contributed by atoms with Gasteiger partial charge in [0, 0.05) is 30.8 Å². The van der Waals surface area contributed by atoms with Crippen LogP contribution < -0.4 is 5.32 Å². The van der Waals surface area contributed by atoms with Crippen molar-refractivity contribution in [2.45, 2.75) is 59.7 Å². The summed E-state index contributed by atoms with van der Waals surface area (Å²) in [6.07, 6.45) is 3.28. The fourth-order valence-electron chi connectivity index (χ4n) is 2.65. The summed E-state index contributed by atoms with van der Waals surface area (Å²) in [4.78, 5) is 8.55. The molecule has 0 aliphatic heterocycles. The Bertz CT molecular complexity index is 445. The first kappa shape index (κ1) is 15.4. The van der Waals surface area contributed by atoms with Crippen molar-refractivity contribution in [1.82, 2.24) is 15.3 Å². The van der Waals surface area contributed by atoms with Crippen molar-refractivity contribution in [3.63, 3.8) is 0 Å². The number of rotatable bonds is 6. The van der Waals surface area contributed by atoms with Crippen LogP contribution in [-0.4, -0.2) is 28.7 Å². The van der Waals surface area contributed by atoms with Gasteiger partial charge in [-0.3, -0.25) is 0 Å². The number of hydrogen-bond acceptors (Lipinski definition) is 4. The Hall–Kier alpha value is -1.00. The van der Waals surface area contributed by atoms with Gasteiger partial charge in [-0.1, -0.05) is 27.7 Å². The summed E-state index contributed by atoms with van der Waals surface area (Å²) in [5.74, 6) is 1.43. The highest BCUT2D eigenvalue weighted by Gasteiger charge is 2.48. The smallest absolute Gasteiger partial charge is 0.125 e. The molecule has 0 bridgehead atoms. The minimum Gasteiger partial charge on any atom is -0.377 e. The predicted octanol–water partition coefficient (Wildman–Crippen LogP) is 2.71. The number of aryl methyl sites for hydroxylation is 1. The summed E-state index contributed by atoms with van der Waals surface area (Å²) in [7, 11) is 0. The van der Waals surface area contributed by atoms with Gasteiger partial charge >= 0.3 is 0 Å². The Morgan fingerprint density at radius 3 is 2.80 bits per heavy atom. The summed E-state index contributed by atoms with van der Waals surface area (Å²) in [6.45, 7) is 12.5. The van der Waals surface area contributed by atoms with Crippen LogP contribution in [0.25, 0.3) is 0 Å². The minimum absolute atomic E-state index is 0.191. The Balaban J connectivity index is 1.81. The van der Waals surface area contributed by atoms with E-state index in [1.165, 1.54) is 0 Å². The molecule has 1 aromatic rings. The highest BCUT2D eigenvalue weighted by atomic mass is 16.5. The van der Waals surface area contributed by atoms with Gasteiger partial charge in [0.25, 0.3) is 0 Å². The zero-order chi connectivity index (χ0) is 14.8.